The molecule has 2 heterocycles. The van der Waals surface area contributed by atoms with Crippen LogP contribution in [0.4, 0.5) is 10.1 Å². The molecular formula is C23H21FN2O4S2. The highest BCUT2D eigenvalue weighted by molar-refractivity contribution is 7.92. The van der Waals surface area contributed by atoms with Gasteiger partial charge < -0.3 is 9.30 Å². The lowest BCUT2D eigenvalue weighted by molar-refractivity contribution is 0.443. The fourth-order valence-corrected chi connectivity index (χ4v) is 4.87. The quantitative estimate of drug-likeness (QED) is 0.415. The predicted octanol–water partition coefficient (Wildman–Crippen LogP) is 5.27. The van der Waals surface area contributed by atoms with Crippen molar-refractivity contribution >= 4 is 37.1 Å². The smallest absolute Gasteiger partial charge is 0.259 e. The van der Waals surface area contributed by atoms with Crippen LogP contribution in [0.15, 0.2) is 58.8 Å². The van der Waals surface area contributed by atoms with Gasteiger partial charge in [0, 0.05) is 34.8 Å². The van der Waals surface area contributed by atoms with Crippen molar-refractivity contribution in [1.82, 2.24) is 4.57 Å². The summed E-state index contributed by atoms with van der Waals surface area (Å²) in [6, 6.07) is 11.2. The average Bonchev–Trinajstić information content (AvgIpc) is 3.24. The van der Waals surface area contributed by atoms with E-state index in [1.165, 1.54) is 22.0 Å². The van der Waals surface area contributed by atoms with Crippen molar-refractivity contribution in [3.63, 3.8) is 0 Å². The van der Waals surface area contributed by atoms with Crippen molar-refractivity contribution in [1.29, 1.82) is 0 Å². The molecule has 6 nitrogen and oxygen atoms in total. The van der Waals surface area contributed by atoms with E-state index in [9.17, 15) is 17.6 Å². The van der Waals surface area contributed by atoms with Crippen LogP contribution in [0.5, 0.6) is 11.5 Å². The molecule has 0 amide bonds. The van der Waals surface area contributed by atoms with Crippen LogP contribution in [-0.4, -0.2) is 18.7 Å². The molecule has 0 spiro atoms. The molecule has 1 N–H and O–H groups in total. The number of rotatable bonds is 6. The van der Waals surface area contributed by atoms with Gasteiger partial charge in [-0.2, -0.15) is 0 Å². The monoisotopic (exact) mass is 472 g/mol. The van der Waals surface area contributed by atoms with E-state index in [0.29, 0.717) is 28.0 Å². The van der Waals surface area contributed by atoms with Crippen LogP contribution in [0.3, 0.4) is 0 Å². The summed E-state index contributed by atoms with van der Waals surface area (Å²) >= 11 is 1.39. The van der Waals surface area contributed by atoms with Gasteiger partial charge in [0.25, 0.3) is 5.56 Å². The number of hydrogen-bond acceptors (Lipinski definition) is 5. The van der Waals surface area contributed by atoms with Crippen LogP contribution >= 0.6 is 11.3 Å². The molecule has 0 atom stereocenters. The van der Waals surface area contributed by atoms with Crippen molar-refractivity contribution in [2.45, 2.75) is 13.8 Å². The van der Waals surface area contributed by atoms with E-state index < -0.39 is 15.8 Å². The predicted molar refractivity (Wildman–Crippen MR) is 127 cm³/mol. The van der Waals surface area contributed by atoms with E-state index in [0.717, 1.165) is 10.3 Å². The maximum Gasteiger partial charge on any atom is 0.259 e. The Balaban J connectivity index is 1.93. The molecule has 9 heteroatoms. The third-order valence-corrected chi connectivity index (χ3v) is 7.27. The molecule has 0 radical (unpaired) electrons. The zero-order chi connectivity index (χ0) is 23.0. The normalized spacial score (nSPS) is 11.6. The summed E-state index contributed by atoms with van der Waals surface area (Å²) in [7, 11) is -1.86. The number of nitrogens with zero attached hydrogens (tertiary/aromatic N) is 1. The number of sulfonamides is 1. The lowest BCUT2D eigenvalue weighted by atomic mass is 10.0. The zero-order valence-electron chi connectivity index (χ0n) is 17.7. The SMILES string of the molecule is CCS(=O)(=O)Nc1ccc(Oc2ccc(C)cc2F)c(-c2cn(C)c(=O)c3ccsc23)c1. The van der Waals surface area contributed by atoms with E-state index in [1.54, 1.807) is 63.5 Å². The molecule has 32 heavy (non-hydrogen) atoms. The van der Waals surface area contributed by atoms with Crippen molar-refractivity contribution in [3.8, 4) is 22.6 Å². The van der Waals surface area contributed by atoms with E-state index in [1.807, 2.05) is 5.38 Å². The Morgan fingerprint density at radius 2 is 1.84 bits per heavy atom. The largest absolute Gasteiger partial charge is 0.454 e. The fraction of sp³-hybridized carbons (Fsp3) is 0.174. The molecule has 2 aromatic heterocycles. The Bertz CT molecular complexity index is 1490. The molecule has 0 saturated carbocycles. The summed E-state index contributed by atoms with van der Waals surface area (Å²) in [5.41, 5.74) is 2.18. The molecule has 0 aliphatic heterocycles. The van der Waals surface area contributed by atoms with Crippen LogP contribution in [0, 0.1) is 12.7 Å². The first kappa shape index (κ1) is 22.0. The first-order chi connectivity index (χ1) is 15.2. The minimum atomic E-state index is -3.50. The maximum atomic E-state index is 14.5. The van der Waals surface area contributed by atoms with Crippen molar-refractivity contribution in [2.24, 2.45) is 7.05 Å². The first-order valence-electron chi connectivity index (χ1n) is 9.84. The van der Waals surface area contributed by atoms with Gasteiger partial charge in [0.1, 0.15) is 5.75 Å². The van der Waals surface area contributed by atoms with Gasteiger partial charge in [0.05, 0.1) is 11.1 Å². The van der Waals surface area contributed by atoms with E-state index in [-0.39, 0.29) is 17.1 Å². The van der Waals surface area contributed by atoms with Crippen molar-refractivity contribution in [2.75, 3.05) is 10.5 Å². The Kier molecular flexibility index (Phi) is 5.79. The standard InChI is InChI=1S/C23H21FN2O4S2/c1-4-32(28,29)25-15-6-8-20(30-21-7-5-14(2)11-19(21)24)17(12-15)18-13-26(3)23(27)16-9-10-31-22(16)18/h5-13,25H,4H2,1-3H3. The first-order valence-corrected chi connectivity index (χ1v) is 12.4. The molecule has 2 aromatic carbocycles. The fourth-order valence-electron chi connectivity index (χ4n) is 3.33. The lowest BCUT2D eigenvalue weighted by Gasteiger charge is -2.16. The highest BCUT2D eigenvalue weighted by Gasteiger charge is 2.18. The molecule has 0 aliphatic carbocycles. The Hall–Kier alpha value is -3.17. The number of ether oxygens (including phenoxy) is 1. The number of hydrogen-bond donors (Lipinski definition) is 1. The molecule has 4 rings (SSSR count). The van der Waals surface area contributed by atoms with E-state index in [4.69, 9.17) is 4.74 Å². The number of thiophene rings is 1. The number of pyridine rings is 1. The topological polar surface area (TPSA) is 77.4 Å². The Morgan fingerprint density at radius 1 is 1.09 bits per heavy atom. The summed E-state index contributed by atoms with van der Waals surface area (Å²) < 4.78 is 49.3. The van der Waals surface area contributed by atoms with Gasteiger partial charge >= 0.3 is 0 Å². The van der Waals surface area contributed by atoms with Gasteiger partial charge in [-0.1, -0.05) is 6.07 Å². The molecule has 166 valence electrons. The van der Waals surface area contributed by atoms with Crippen LogP contribution < -0.4 is 15.0 Å². The summed E-state index contributed by atoms with van der Waals surface area (Å²) in [6.07, 6.45) is 1.67. The minimum Gasteiger partial charge on any atom is -0.454 e. The van der Waals surface area contributed by atoms with Crippen LogP contribution in [0.2, 0.25) is 0 Å². The number of halogens is 1. The second-order valence-corrected chi connectivity index (χ2v) is 10.3. The van der Waals surface area contributed by atoms with E-state index >= 15 is 0 Å². The summed E-state index contributed by atoms with van der Waals surface area (Å²) in [5.74, 6) is -0.204. The average molecular weight is 473 g/mol. The molecule has 0 saturated heterocycles. The highest BCUT2D eigenvalue weighted by Crippen LogP contribution is 2.40. The molecular weight excluding hydrogens is 451 g/mol. The number of aryl methyl sites for hydroxylation is 2. The second kappa shape index (κ2) is 8.40. The molecule has 0 aliphatic rings. The van der Waals surface area contributed by atoms with Gasteiger partial charge in [-0.25, -0.2) is 12.8 Å². The highest BCUT2D eigenvalue weighted by atomic mass is 32.2. The van der Waals surface area contributed by atoms with Crippen molar-refractivity contribution < 1.29 is 17.5 Å². The maximum absolute atomic E-state index is 14.5. The number of anilines is 1. The van der Waals surface area contributed by atoms with Gasteiger partial charge in [-0.3, -0.25) is 9.52 Å². The zero-order valence-corrected chi connectivity index (χ0v) is 19.3. The third kappa shape index (κ3) is 4.26. The second-order valence-electron chi connectivity index (χ2n) is 7.37. The lowest BCUT2D eigenvalue weighted by Crippen LogP contribution is -2.16. The van der Waals surface area contributed by atoms with Gasteiger partial charge in [0.2, 0.25) is 10.0 Å². The van der Waals surface area contributed by atoms with Crippen molar-refractivity contribution in [3.05, 3.63) is 75.8 Å². The molecule has 0 bridgehead atoms. The number of benzene rings is 2. The van der Waals surface area contributed by atoms with Crippen LogP contribution in [0.1, 0.15) is 12.5 Å². The number of aromatic nitrogens is 1. The third-order valence-electron chi connectivity index (χ3n) is 5.01. The van der Waals surface area contributed by atoms with Crippen LogP contribution in [0.25, 0.3) is 21.2 Å². The van der Waals surface area contributed by atoms with Crippen LogP contribution in [-0.2, 0) is 17.1 Å². The molecule has 0 unspecified atom stereocenters. The molecule has 0 fully saturated rings. The van der Waals surface area contributed by atoms with Gasteiger partial charge in [-0.05, 0) is 61.2 Å². The minimum absolute atomic E-state index is 0.0472. The number of fused-ring (bicyclic) bond motifs is 1. The van der Waals surface area contributed by atoms with Gasteiger partial charge in [-0.15, -0.1) is 11.3 Å². The Labute approximate surface area is 189 Å². The summed E-state index contributed by atoms with van der Waals surface area (Å²) in [5, 5.41) is 2.36. The number of nitrogens with one attached hydrogen (secondary N) is 1. The van der Waals surface area contributed by atoms with E-state index in [2.05, 4.69) is 4.72 Å². The summed E-state index contributed by atoms with van der Waals surface area (Å²) in [6.45, 7) is 3.33. The van der Waals surface area contributed by atoms with Gasteiger partial charge in [0.15, 0.2) is 11.6 Å². The summed E-state index contributed by atoms with van der Waals surface area (Å²) in [4.78, 5) is 12.5. The Morgan fingerprint density at radius 3 is 2.56 bits per heavy atom. The molecule has 4 aromatic rings.